The molecule has 2 aromatic heterocycles. The molecule has 0 aliphatic rings. The molecule has 0 saturated heterocycles. The third-order valence-electron chi connectivity index (χ3n) is 4.67. The molecule has 0 aliphatic heterocycles. The molecule has 3 N–H and O–H groups in total. The quantitative estimate of drug-likeness (QED) is 0.397. The Hall–Kier alpha value is -3.86. The number of alkyl halides is 3. The van der Waals surface area contributed by atoms with E-state index >= 15 is 0 Å². The van der Waals surface area contributed by atoms with E-state index in [0.717, 1.165) is 12.1 Å². The van der Waals surface area contributed by atoms with Gasteiger partial charge in [-0.2, -0.15) is 13.2 Å². The Bertz CT molecular complexity index is 1410. The van der Waals surface area contributed by atoms with E-state index in [9.17, 15) is 31.5 Å². The van der Waals surface area contributed by atoms with Gasteiger partial charge in [-0.1, -0.05) is 30.3 Å². The van der Waals surface area contributed by atoms with E-state index in [1.165, 1.54) is 12.3 Å². The zero-order valence-electron chi connectivity index (χ0n) is 16.0. The predicted octanol–water partition coefficient (Wildman–Crippen LogP) is 4.75. The number of aromatic carboxylic acids is 1. The molecule has 0 atom stereocenters. The number of hydrogen-bond donors (Lipinski definition) is 3. The largest absolute Gasteiger partial charge is 0.477 e. The first-order valence-corrected chi connectivity index (χ1v) is 10.5. The number of benzene rings is 2. The molecular weight excluding hydrogens is 447 g/mol. The number of nitrogens with zero attached hydrogens (tertiary/aromatic N) is 1. The molecular formula is C21H14F3N3O4S. The van der Waals surface area contributed by atoms with Gasteiger partial charge in [0.1, 0.15) is 11.3 Å². The summed E-state index contributed by atoms with van der Waals surface area (Å²) in [6.45, 7) is 0. The Balaban J connectivity index is 1.75. The van der Waals surface area contributed by atoms with Gasteiger partial charge < -0.3 is 10.1 Å². The Labute approximate surface area is 179 Å². The molecule has 0 unspecified atom stereocenters. The average Bonchev–Trinajstić information content (AvgIpc) is 3.13. The van der Waals surface area contributed by atoms with Crippen LogP contribution in [-0.4, -0.2) is 29.5 Å². The summed E-state index contributed by atoms with van der Waals surface area (Å²) in [7, 11) is -4.22. The van der Waals surface area contributed by atoms with Crippen molar-refractivity contribution in [3.05, 3.63) is 78.1 Å². The van der Waals surface area contributed by atoms with Gasteiger partial charge in [0.15, 0.2) is 0 Å². The van der Waals surface area contributed by atoms with E-state index in [1.54, 1.807) is 30.3 Å². The van der Waals surface area contributed by atoms with E-state index in [-0.39, 0.29) is 21.9 Å². The van der Waals surface area contributed by atoms with Crippen LogP contribution in [0, 0.1) is 0 Å². The zero-order chi connectivity index (χ0) is 23.1. The Morgan fingerprint density at radius 1 is 1.03 bits per heavy atom. The van der Waals surface area contributed by atoms with Gasteiger partial charge in [-0.15, -0.1) is 0 Å². The molecule has 0 bridgehead atoms. The number of pyridine rings is 1. The van der Waals surface area contributed by atoms with Crippen molar-refractivity contribution in [2.75, 3.05) is 4.72 Å². The zero-order valence-corrected chi connectivity index (χ0v) is 16.8. The van der Waals surface area contributed by atoms with Crippen molar-refractivity contribution in [3.8, 4) is 11.1 Å². The molecule has 0 aliphatic carbocycles. The number of sulfonamides is 1. The number of carbonyl (C=O) groups is 1. The number of carboxylic acid groups (broad SMARTS) is 1. The van der Waals surface area contributed by atoms with Crippen molar-refractivity contribution in [1.29, 1.82) is 0 Å². The van der Waals surface area contributed by atoms with Crippen molar-refractivity contribution < 1.29 is 31.5 Å². The normalized spacial score (nSPS) is 12.1. The second kappa shape index (κ2) is 7.68. The second-order valence-electron chi connectivity index (χ2n) is 6.79. The summed E-state index contributed by atoms with van der Waals surface area (Å²) in [6, 6.07) is 13.1. The molecule has 2 heterocycles. The number of carboxylic acids is 1. The first-order chi connectivity index (χ1) is 15.1. The first-order valence-electron chi connectivity index (χ1n) is 9.07. The van der Waals surface area contributed by atoms with Crippen LogP contribution in [0.4, 0.5) is 18.9 Å². The molecule has 32 heavy (non-hydrogen) atoms. The molecule has 0 spiro atoms. The van der Waals surface area contributed by atoms with Crippen molar-refractivity contribution in [2.24, 2.45) is 0 Å². The number of fused-ring (bicyclic) bond motifs is 1. The SMILES string of the molecule is O=C(O)c1[nH]c2ncc(NS(=O)(=O)c3ccc(C(F)(F)F)cc3)cc2c1-c1ccccc1. The van der Waals surface area contributed by atoms with Crippen LogP contribution in [0.3, 0.4) is 0 Å². The number of halogens is 3. The maximum atomic E-state index is 12.7. The maximum absolute atomic E-state index is 12.7. The lowest BCUT2D eigenvalue weighted by Crippen LogP contribution is -2.14. The van der Waals surface area contributed by atoms with Crippen molar-refractivity contribution >= 4 is 32.7 Å². The average molecular weight is 461 g/mol. The smallest absolute Gasteiger partial charge is 0.416 e. The van der Waals surface area contributed by atoms with Gasteiger partial charge in [0.25, 0.3) is 10.0 Å². The van der Waals surface area contributed by atoms with Gasteiger partial charge in [-0.05, 0) is 35.9 Å². The van der Waals surface area contributed by atoms with E-state index < -0.39 is 27.7 Å². The summed E-state index contributed by atoms with van der Waals surface area (Å²) in [5, 5.41) is 9.92. The number of hydrogen-bond acceptors (Lipinski definition) is 4. The van der Waals surface area contributed by atoms with Crippen LogP contribution >= 0.6 is 0 Å². The van der Waals surface area contributed by atoms with Gasteiger partial charge in [-0.25, -0.2) is 18.2 Å². The van der Waals surface area contributed by atoms with Crippen LogP contribution in [0.1, 0.15) is 16.1 Å². The van der Waals surface area contributed by atoms with E-state index in [4.69, 9.17) is 0 Å². The van der Waals surface area contributed by atoms with Crippen LogP contribution in [-0.2, 0) is 16.2 Å². The molecule has 164 valence electrons. The van der Waals surface area contributed by atoms with Gasteiger partial charge in [0.05, 0.1) is 22.3 Å². The Morgan fingerprint density at radius 2 is 1.69 bits per heavy atom. The van der Waals surface area contributed by atoms with Crippen LogP contribution in [0.5, 0.6) is 0 Å². The topological polar surface area (TPSA) is 112 Å². The minimum atomic E-state index is -4.59. The second-order valence-corrected chi connectivity index (χ2v) is 8.48. The molecule has 4 aromatic rings. The predicted molar refractivity (Wildman–Crippen MR) is 111 cm³/mol. The van der Waals surface area contributed by atoms with Gasteiger partial charge in [-0.3, -0.25) is 4.72 Å². The summed E-state index contributed by atoms with van der Waals surface area (Å²) in [6.07, 6.45) is -3.41. The molecule has 0 saturated carbocycles. The lowest BCUT2D eigenvalue weighted by molar-refractivity contribution is -0.137. The fraction of sp³-hybridized carbons (Fsp3) is 0.0476. The van der Waals surface area contributed by atoms with Crippen molar-refractivity contribution in [2.45, 2.75) is 11.1 Å². The summed E-state index contributed by atoms with van der Waals surface area (Å²) < 4.78 is 65.7. The van der Waals surface area contributed by atoms with Crippen LogP contribution in [0.25, 0.3) is 22.2 Å². The number of H-pyrrole nitrogens is 1. The highest BCUT2D eigenvalue weighted by Gasteiger charge is 2.30. The van der Waals surface area contributed by atoms with Gasteiger partial charge in [0, 0.05) is 10.9 Å². The molecule has 0 amide bonds. The van der Waals surface area contributed by atoms with Crippen LogP contribution in [0.15, 0.2) is 71.8 Å². The molecule has 2 aromatic carbocycles. The monoisotopic (exact) mass is 461 g/mol. The van der Waals surface area contributed by atoms with Crippen LogP contribution in [0.2, 0.25) is 0 Å². The molecule has 11 heteroatoms. The molecule has 4 rings (SSSR count). The van der Waals surface area contributed by atoms with E-state index in [1.807, 2.05) is 0 Å². The van der Waals surface area contributed by atoms with E-state index in [2.05, 4.69) is 14.7 Å². The molecule has 0 fully saturated rings. The minimum Gasteiger partial charge on any atom is -0.477 e. The lowest BCUT2D eigenvalue weighted by atomic mass is 10.0. The van der Waals surface area contributed by atoms with Crippen LogP contribution < -0.4 is 4.72 Å². The number of aromatic amines is 1. The summed E-state index contributed by atoms with van der Waals surface area (Å²) in [5.41, 5.74) is 0.0862. The van der Waals surface area contributed by atoms with Crippen molar-refractivity contribution in [1.82, 2.24) is 9.97 Å². The highest BCUT2D eigenvalue weighted by atomic mass is 32.2. The third-order valence-corrected chi connectivity index (χ3v) is 6.07. The fourth-order valence-corrected chi connectivity index (χ4v) is 4.26. The Morgan fingerprint density at radius 3 is 2.28 bits per heavy atom. The lowest BCUT2D eigenvalue weighted by Gasteiger charge is -2.10. The number of nitrogens with one attached hydrogen (secondary N) is 2. The highest BCUT2D eigenvalue weighted by molar-refractivity contribution is 7.92. The maximum Gasteiger partial charge on any atom is 0.416 e. The fourth-order valence-electron chi connectivity index (χ4n) is 3.23. The van der Waals surface area contributed by atoms with Gasteiger partial charge in [0.2, 0.25) is 0 Å². The standard InChI is InChI=1S/C21H14F3N3O4S/c22-21(23,24)13-6-8-15(9-7-13)32(30,31)27-14-10-16-17(12-4-2-1-3-5-12)18(20(28)29)26-19(16)25-11-14/h1-11,27H,(H,25,26)(H,28,29). The summed E-state index contributed by atoms with van der Waals surface area (Å²) >= 11 is 0. The number of aromatic nitrogens is 2. The van der Waals surface area contributed by atoms with Gasteiger partial charge >= 0.3 is 12.1 Å². The third kappa shape index (κ3) is 4.02. The van der Waals surface area contributed by atoms with Crippen molar-refractivity contribution in [3.63, 3.8) is 0 Å². The minimum absolute atomic E-state index is 0.0190. The Kier molecular flexibility index (Phi) is 5.13. The first kappa shape index (κ1) is 21.4. The number of anilines is 1. The van der Waals surface area contributed by atoms with E-state index in [0.29, 0.717) is 28.6 Å². The summed E-state index contributed by atoms with van der Waals surface area (Å²) in [4.78, 5) is 18.2. The molecule has 0 radical (unpaired) electrons. The number of rotatable bonds is 5. The molecule has 7 nitrogen and oxygen atoms in total. The summed E-state index contributed by atoms with van der Waals surface area (Å²) in [5.74, 6) is -1.21. The highest BCUT2D eigenvalue weighted by Crippen LogP contribution is 2.34.